The summed E-state index contributed by atoms with van der Waals surface area (Å²) >= 11 is 4.40. The molecule has 1 heteroatoms. The van der Waals surface area contributed by atoms with E-state index in [1.165, 1.54) is 75.3 Å². The van der Waals surface area contributed by atoms with Crippen molar-refractivity contribution in [1.29, 1.82) is 0 Å². The van der Waals surface area contributed by atoms with Crippen molar-refractivity contribution in [3.63, 3.8) is 0 Å². The predicted molar refractivity (Wildman–Crippen MR) is 117 cm³/mol. The minimum Gasteiger partial charge on any atom is -0.143 e. The molecule has 2 aromatic rings. The Hall–Kier alpha value is -1.21. The lowest BCUT2D eigenvalue weighted by Gasteiger charge is -2.29. The van der Waals surface area contributed by atoms with Crippen LogP contribution in [0.2, 0.25) is 0 Å². The van der Waals surface area contributed by atoms with Crippen LogP contribution in [-0.2, 0) is 6.42 Å². The molecule has 0 amide bonds. The van der Waals surface area contributed by atoms with Crippen molar-refractivity contribution in [3.05, 3.63) is 65.2 Å². The van der Waals surface area contributed by atoms with E-state index in [-0.39, 0.29) is 0 Å². The molecule has 1 aliphatic carbocycles. The van der Waals surface area contributed by atoms with Crippen LogP contribution in [0.5, 0.6) is 0 Å². The van der Waals surface area contributed by atoms with Crippen LogP contribution in [-0.4, -0.2) is 0 Å². The summed E-state index contributed by atoms with van der Waals surface area (Å²) in [5.41, 5.74) is 4.58. The molecular weight excluding hydrogens is 332 g/mol. The van der Waals surface area contributed by atoms with Crippen molar-refractivity contribution in [2.45, 2.75) is 87.9 Å². The molecule has 0 aliphatic heterocycles. The third kappa shape index (κ3) is 5.64. The highest BCUT2D eigenvalue weighted by Crippen LogP contribution is 2.40. The first-order valence-electron chi connectivity index (χ1n) is 10.6. The lowest BCUT2D eigenvalue weighted by atomic mass is 9.76. The third-order valence-corrected chi connectivity index (χ3v) is 6.41. The molecule has 0 N–H and O–H groups in total. The van der Waals surface area contributed by atoms with Crippen LogP contribution >= 0.6 is 12.6 Å². The van der Waals surface area contributed by atoms with Gasteiger partial charge in [0.15, 0.2) is 0 Å². The number of rotatable bonds is 8. The molecule has 0 aromatic heterocycles. The molecule has 0 heterocycles. The highest BCUT2D eigenvalue weighted by Gasteiger charge is 2.23. The molecule has 0 bridgehead atoms. The molecule has 140 valence electrons. The van der Waals surface area contributed by atoms with Crippen LogP contribution in [0.15, 0.2) is 53.4 Å². The number of unbranched alkanes of at least 4 members (excludes halogenated alkanes) is 4. The van der Waals surface area contributed by atoms with E-state index in [4.69, 9.17) is 0 Å². The molecule has 2 aromatic carbocycles. The van der Waals surface area contributed by atoms with Gasteiger partial charge in [-0.1, -0.05) is 69.0 Å². The Morgan fingerprint density at radius 2 is 1.19 bits per heavy atom. The van der Waals surface area contributed by atoms with E-state index >= 15 is 0 Å². The van der Waals surface area contributed by atoms with Gasteiger partial charge in [-0.05, 0) is 79.2 Å². The van der Waals surface area contributed by atoms with Crippen molar-refractivity contribution in [1.82, 2.24) is 0 Å². The summed E-state index contributed by atoms with van der Waals surface area (Å²) in [6.45, 7) is 2.28. The number of hydrogen-bond acceptors (Lipinski definition) is 1. The van der Waals surface area contributed by atoms with Crippen LogP contribution < -0.4 is 0 Å². The van der Waals surface area contributed by atoms with Crippen molar-refractivity contribution < 1.29 is 0 Å². The lowest BCUT2D eigenvalue weighted by Crippen LogP contribution is -2.12. The van der Waals surface area contributed by atoms with Crippen molar-refractivity contribution in [2.24, 2.45) is 0 Å². The summed E-state index contributed by atoms with van der Waals surface area (Å²) in [6.07, 6.45) is 13.4. The van der Waals surface area contributed by atoms with E-state index in [9.17, 15) is 0 Å². The van der Waals surface area contributed by atoms with Crippen molar-refractivity contribution in [2.75, 3.05) is 0 Å². The Labute approximate surface area is 165 Å². The molecule has 0 atom stereocenters. The first-order chi connectivity index (χ1) is 12.8. The number of aryl methyl sites for hydroxylation is 1. The normalized spacial score (nSPS) is 20.2. The molecule has 1 fully saturated rings. The van der Waals surface area contributed by atoms with Gasteiger partial charge in [0, 0.05) is 4.90 Å². The molecule has 1 aliphatic rings. The second kappa shape index (κ2) is 10.2. The first-order valence-corrected chi connectivity index (χ1v) is 11.1. The summed E-state index contributed by atoms with van der Waals surface area (Å²) in [4.78, 5) is 1.06. The van der Waals surface area contributed by atoms with Gasteiger partial charge in [0.05, 0.1) is 0 Å². The van der Waals surface area contributed by atoms with Crippen LogP contribution in [0, 0.1) is 0 Å². The fourth-order valence-electron chi connectivity index (χ4n) is 4.40. The van der Waals surface area contributed by atoms with Crippen LogP contribution in [0.1, 0.15) is 93.2 Å². The van der Waals surface area contributed by atoms with Gasteiger partial charge in [0.2, 0.25) is 0 Å². The fraction of sp³-hybridized carbons (Fsp3) is 0.520. The second-order valence-electron chi connectivity index (χ2n) is 8.05. The molecule has 0 radical (unpaired) electrons. The summed E-state index contributed by atoms with van der Waals surface area (Å²) < 4.78 is 0. The summed E-state index contributed by atoms with van der Waals surface area (Å²) in [5.74, 6) is 1.50. The van der Waals surface area contributed by atoms with Gasteiger partial charge >= 0.3 is 0 Å². The maximum Gasteiger partial charge on any atom is 0.00401 e. The molecule has 3 rings (SSSR count). The molecule has 1 saturated carbocycles. The van der Waals surface area contributed by atoms with E-state index < -0.39 is 0 Å². The molecule has 0 nitrogen and oxygen atoms in total. The minimum atomic E-state index is 0.738. The Kier molecular flexibility index (Phi) is 7.68. The van der Waals surface area contributed by atoms with Crippen LogP contribution in [0.3, 0.4) is 0 Å². The Bertz CT molecular complexity index is 633. The van der Waals surface area contributed by atoms with Crippen LogP contribution in [0.4, 0.5) is 0 Å². The monoisotopic (exact) mass is 366 g/mol. The van der Waals surface area contributed by atoms with E-state index in [0.29, 0.717) is 0 Å². The first kappa shape index (κ1) is 19.5. The van der Waals surface area contributed by atoms with Crippen LogP contribution in [0.25, 0.3) is 0 Å². The molecule has 0 unspecified atom stereocenters. The van der Waals surface area contributed by atoms with E-state index in [1.54, 1.807) is 5.56 Å². The van der Waals surface area contributed by atoms with Gasteiger partial charge in [0.1, 0.15) is 0 Å². The molecule has 0 spiro atoms. The number of thiol groups is 1. The number of benzene rings is 2. The van der Waals surface area contributed by atoms with Gasteiger partial charge in [-0.15, -0.1) is 12.6 Å². The maximum atomic E-state index is 4.40. The fourth-order valence-corrected chi connectivity index (χ4v) is 4.54. The second-order valence-corrected chi connectivity index (χ2v) is 8.56. The standard InChI is InChI=1S/C25H34S/c1-2-3-4-5-6-7-20-8-10-21(11-9-20)22-12-14-23(15-13-22)24-16-18-25(26)19-17-24/h8-11,16-19,22-23,26H,2-7,12-15H2,1H3. The van der Waals surface area contributed by atoms with Gasteiger partial charge in [-0.25, -0.2) is 0 Å². The maximum absolute atomic E-state index is 4.40. The molecule has 26 heavy (non-hydrogen) atoms. The predicted octanol–water partition coefficient (Wildman–Crippen LogP) is 7.93. The van der Waals surface area contributed by atoms with Gasteiger partial charge in [0.25, 0.3) is 0 Å². The van der Waals surface area contributed by atoms with Gasteiger partial charge < -0.3 is 0 Å². The summed E-state index contributed by atoms with van der Waals surface area (Å²) in [7, 11) is 0. The summed E-state index contributed by atoms with van der Waals surface area (Å²) in [5, 5.41) is 0. The zero-order chi connectivity index (χ0) is 18.2. The molecule has 0 saturated heterocycles. The van der Waals surface area contributed by atoms with Gasteiger partial charge in [-0.3, -0.25) is 0 Å². The zero-order valence-electron chi connectivity index (χ0n) is 16.3. The number of hydrogen-bond donors (Lipinski definition) is 1. The van der Waals surface area contributed by atoms with E-state index in [0.717, 1.165) is 16.7 Å². The smallest absolute Gasteiger partial charge is 0.00401 e. The quantitative estimate of drug-likeness (QED) is 0.356. The third-order valence-electron chi connectivity index (χ3n) is 6.11. The average molecular weight is 367 g/mol. The summed E-state index contributed by atoms with van der Waals surface area (Å²) in [6, 6.07) is 18.4. The Morgan fingerprint density at radius 1 is 0.692 bits per heavy atom. The van der Waals surface area contributed by atoms with Crippen molar-refractivity contribution >= 4 is 12.6 Å². The topological polar surface area (TPSA) is 0 Å². The molecular formula is C25H34S. The highest BCUT2D eigenvalue weighted by atomic mass is 32.1. The highest BCUT2D eigenvalue weighted by molar-refractivity contribution is 7.80. The lowest BCUT2D eigenvalue weighted by molar-refractivity contribution is 0.396. The van der Waals surface area contributed by atoms with E-state index in [1.807, 2.05) is 0 Å². The zero-order valence-corrected chi connectivity index (χ0v) is 17.2. The van der Waals surface area contributed by atoms with Gasteiger partial charge in [-0.2, -0.15) is 0 Å². The van der Waals surface area contributed by atoms with Crippen molar-refractivity contribution in [3.8, 4) is 0 Å². The SMILES string of the molecule is CCCCCCCc1ccc(C2CCC(c3ccc(S)cc3)CC2)cc1. The largest absolute Gasteiger partial charge is 0.143 e. The van der Waals surface area contributed by atoms with E-state index in [2.05, 4.69) is 68.1 Å². The average Bonchev–Trinajstić information content (AvgIpc) is 2.69. The Balaban J connectivity index is 1.46. The Morgan fingerprint density at radius 3 is 1.73 bits per heavy atom. The minimum absolute atomic E-state index is 0.738.